The van der Waals surface area contributed by atoms with E-state index in [0.717, 1.165) is 18.8 Å². The summed E-state index contributed by atoms with van der Waals surface area (Å²) in [6.07, 6.45) is 1.19. The van der Waals surface area contributed by atoms with Crippen molar-refractivity contribution in [3.8, 4) is 0 Å². The van der Waals surface area contributed by atoms with E-state index >= 15 is 0 Å². The van der Waals surface area contributed by atoms with Crippen molar-refractivity contribution in [2.24, 2.45) is 11.8 Å². The normalized spacial score (nSPS) is 25.8. The summed E-state index contributed by atoms with van der Waals surface area (Å²) in [5.74, 6) is 1.46. The molecule has 0 spiro atoms. The number of aromatic nitrogens is 1. The monoisotopic (exact) mass is 222 g/mol. The third kappa shape index (κ3) is 2.26. The summed E-state index contributed by atoms with van der Waals surface area (Å²) in [6, 6.07) is 1.70. The van der Waals surface area contributed by atoms with E-state index in [9.17, 15) is 4.79 Å². The van der Waals surface area contributed by atoms with E-state index in [0.29, 0.717) is 17.6 Å². The van der Waals surface area contributed by atoms with Gasteiger partial charge in [-0.2, -0.15) is 0 Å². The van der Waals surface area contributed by atoms with E-state index in [1.165, 1.54) is 6.42 Å². The van der Waals surface area contributed by atoms with Gasteiger partial charge >= 0.3 is 0 Å². The van der Waals surface area contributed by atoms with Gasteiger partial charge < -0.3 is 9.42 Å². The molecule has 2 atom stereocenters. The summed E-state index contributed by atoms with van der Waals surface area (Å²) in [7, 11) is 0. The van der Waals surface area contributed by atoms with Crippen molar-refractivity contribution in [3.05, 3.63) is 17.5 Å². The summed E-state index contributed by atoms with van der Waals surface area (Å²) >= 11 is 0. The van der Waals surface area contributed by atoms with Crippen LogP contribution in [-0.4, -0.2) is 29.1 Å². The van der Waals surface area contributed by atoms with Crippen molar-refractivity contribution in [1.82, 2.24) is 10.1 Å². The van der Waals surface area contributed by atoms with Crippen LogP contribution in [0.3, 0.4) is 0 Å². The highest BCUT2D eigenvalue weighted by atomic mass is 16.5. The van der Waals surface area contributed by atoms with Crippen LogP contribution in [0.1, 0.15) is 36.5 Å². The largest absolute Gasteiger partial charge is 0.351 e. The van der Waals surface area contributed by atoms with Crippen LogP contribution in [0.25, 0.3) is 0 Å². The third-order valence-electron chi connectivity index (χ3n) is 2.99. The Kier molecular flexibility index (Phi) is 2.99. The zero-order chi connectivity index (χ0) is 11.7. The fraction of sp³-hybridized carbons (Fsp3) is 0.667. The SMILES string of the molecule is Cc1cc(C(=O)N2CC(C)CC(C)C2)on1. The predicted octanol–water partition coefficient (Wildman–Crippen LogP) is 2.10. The second kappa shape index (κ2) is 4.28. The number of carbonyl (C=O) groups excluding carboxylic acids is 1. The molecule has 0 N–H and O–H groups in total. The molecule has 1 amide bonds. The summed E-state index contributed by atoms with van der Waals surface area (Å²) in [6.45, 7) is 7.83. The highest BCUT2D eigenvalue weighted by Gasteiger charge is 2.27. The number of amides is 1. The van der Waals surface area contributed by atoms with Crippen molar-refractivity contribution in [2.75, 3.05) is 13.1 Å². The highest BCUT2D eigenvalue weighted by molar-refractivity contribution is 5.91. The van der Waals surface area contributed by atoms with Gasteiger partial charge in [-0.1, -0.05) is 19.0 Å². The summed E-state index contributed by atoms with van der Waals surface area (Å²) in [4.78, 5) is 14.0. The lowest BCUT2D eigenvalue weighted by Gasteiger charge is -2.34. The first-order valence-electron chi connectivity index (χ1n) is 5.79. The molecule has 4 heteroatoms. The zero-order valence-electron chi connectivity index (χ0n) is 10.1. The Bertz CT molecular complexity index is 376. The van der Waals surface area contributed by atoms with E-state index in [1.54, 1.807) is 6.07 Å². The predicted molar refractivity (Wildman–Crippen MR) is 60.1 cm³/mol. The molecule has 1 saturated heterocycles. The molecule has 2 unspecified atom stereocenters. The Morgan fingerprint density at radius 3 is 2.56 bits per heavy atom. The van der Waals surface area contributed by atoms with Crippen LogP contribution in [0.15, 0.2) is 10.6 Å². The molecular formula is C12H18N2O2. The first kappa shape index (κ1) is 11.2. The van der Waals surface area contributed by atoms with E-state index in [4.69, 9.17) is 4.52 Å². The highest BCUT2D eigenvalue weighted by Crippen LogP contribution is 2.22. The molecule has 1 aromatic rings. The van der Waals surface area contributed by atoms with Gasteiger partial charge in [0, 0.05) is 19.2 Å². The van der Waals surface area contributed by atoms with Crippen LogP contribution in [0.4, 0.5) is 0 Å². The van der Waals surface area contributed by atoms with Crippen molar-refractivity contribution >= 4 is 5.91 Å². The molecule has 0 aliphatic carbocycles. The Balaban J connectivity index is 2.09. The smallest absolute Gasteiger partial charge is 0.292 e. The molecule has 0 radical (unpaired) electrons. The van der Waals surface area contributed by atoms with Crippen molar-refractivity contribution in [1.29, 1.82) is 0 Å². The molecule has 1 aliphatic heterocycles. The molecule has 2 rings (SSSR count). The van der Waals surface area contributed by atoms with Crippen LogP contribution in [-0.2, 0) is 0 Å². The fourth-order valence-electron chi connectivity index (χ4n) is 2.45. The minimum absolute atomic E-state index is 0.0287. The van der Waals surface area contributed by atoms with Gasteiger partial charge in [0.2, 0.25) is 5.76 Å². The van der Waals surface area contributed by atoms with Gasteiger partial charge in [-0.25, -0.2) is 0 Å². The lowest BCUT2D eigenvalue weighted by atomic mass is 9.92. The van der Waals surface area contributed by atoms with Gasteiger partial charge in [0.05, 0.1) is 5.69 Å². The summed E-state index contributed by atoms with van der Waals surface area (Å²) in [5.41, 5.74) is 0.751. The maximum atomic E-state index is 12.1. The number of rotatable bonds is 1. The van der Waals surface area contributed by atoms with E-state index in [1.807, 2.05) is 11.8 Å². The second-order valence-electron chi connectivity index (χ2n) is 4.99. The van der Waals surface area contributed by atoms with Gasteiger partial charge in [0.15, 0.2) is 0 Å². The number of piperidine rings is 1. The molecule has 2 heterocycles. The quantitative estimate of drug-likeness (QED) is 0.731. The molecule has 1 aliphatic rings. The Morgan fingerprint density at radius 2 is 2.06 bits per heavy atom. The Morgan fingerprint density at radius 1 is 1.44 bits per heavy atom. The molecule has 88 valence electrons. The fourth-order valence-corrected chi connectivity index (χ4v) is 2.45. The second-order valence-corrected chi connectivity index (χ2v) is 4.99. The van der Waals surface area contributed by atoms with Crippen molar-refractivity contribution < 1.29 is 9.32 Å². The van der Waals surface area contributed by atoms with Gasteiger partial charge in [-0.05, 0) is 25.2 Å². The molecule has 4 nitrogen and oxygen atoms in total. The van der Waals surface area contributed by atoms with E-state index in [2.05, 4.69) is 19.0 Å². The van der Waals surface area contributed by atoms with Crippen LogP contribution in [0.5, 0.6) is 0 Å². The number of aryl methyl sites for hydroxylation is 1. The molecule has 1 aromatic heterocycles. The van der Waals surface area contributed by atoms with Crippen molar-refractivity contribution in [2.45, 2.75) is 27.2 Å². The van der Waals surface area contributed by atoms with Crippen LogP contribution >= 0.6 is 0 Å². The lowest BCUT2D eigenvalue weighted by Crippen LogP contribution is -2.42. The number of hydrogen-bond acceptors (Lipinski definition) is 3. The van der Waals surface area contributed by atoms with Crippen molar-refractivity contribution in [3.63, 3.8) is 0 Å². The van der Waals surface area contributed by atoms with Gasteiger partial charge in [-0.3, -0.25) is 4.79 Å². The van der Waals surface area contributed by atoms with Crippen LogP contribution in [0.2, 0.25) is 0 Å². The van der Waals surface area contributed by atoms with Gasteiger partial charge in [0.25, 0.3) is 5.91 Å². The number of likely N-dealkylation sites (tertiary alicyclic amines) is 1. The molecule has 0 saturated carbocycles. The van der Waals surface area contributed by atoms with E-state index < -0.39 is 0 Å². The van der Waals surface area contributed by atoms with Gasteiger partial charge in [-0.15, -0.1) is 0 Å². The first-order valence-corrected chi connectivity index (χ1v) is 5.79. The molecule has 0 aromatic carbocycles. The molecule has 1 fully saturated rings. The zero-order valence-corrected chi connectivity index (χ0v) is 10.1. The Hall–Kier alpha value is -1.32. The lowest BCUT2D eigenvalue weighted by molar-refractivity contribution is 0.0582. The summed E-state index contributed by atoms with van der Waals surface area (Å²) < 4.78 is 5.01. The minimum atomic E-state index is -0.0287. The topological polar surface area (TPSA) is 46.3 Å². The maximum Gasteiger partial charge on any atom is 0.292 e. The number of hydrogen-bond donors (Lipinski definition) is 0. The number of nitrogens with zero attached hydrogens (tertiary/aromatic N) is 2. The third-order valence-corrected chi connectivity index (χ3v) is 2.99. The van der Waals surface area contributed by atoms with Crippen LogP contribution in [0, 0.1) is 18.8 Å². The molecular weight excluding hydrogens is 204 g/mol. The number of carbonyl (C=O) groups is 1. The molecule has 16 heavy (non-hydrogen) atoms. The van der Waals surface area contributed by atoms with Gasteiger partial charge in [0.1, 0.15) is 0 Å². The average Bonchev–Trinajstić information content (AvgIpc) is 2.62. The molecule has 0 bridgehead atoms. The van der Waals surface area contributed by atoms with E-state index in [-0.39, 0.29) is 5.91 Å². The Labute approximate surface area is 95.6 Å². The maximum absolute atomic E-state index is 12.1. The summed E-state index contributed by atoms with van der Waals surface area (Å²) in [5, 5.41) is 3.75. The van der Waals surface area contributed by atoms with Crippen LogP contribution < -0.4 is 0 Å². The first-order chi connectivity index (χ1) is 7.56. The average molecular weight is 222 g/mol. The minimum Gasteiger partial charge on any atom is -0.351 e. The standard InChI is InChI=1S/C12H18N2O2/c1-8-4-9(2)7-14(6-8)12(15)11-5-10(3)13-16-11/h5,8-9H,4,6-7H2,1-3H3.